The van der Waals surface area contributed by atoms with Crippen LogP contribution < -0.4 is 0 Å². The maximum absolute atomic E-state index is 13.2. The number of aromatic carboxylic acids is 1. The molecule has 0 radical (unpaired) electrons. The van der Waals surface area contributed by atoms with Gasteiger partial charge in [-0.15, -0.1) is 0 Å². The predicted molar refractivity (Wildman–Crippen MR) is 50.4 cm³/mol. The summed E-state index contributed by atoms with van der Waals surface area (Å²) in [4.78, 5) is 10.5. The van der Waals surface area contributed by atoms with Gasteiger partial charge in [0.25, 0.3) is 0 Å². The molecule has 16 heavy (non-hydrogen) atoms. The van der Waals surface area contributed by atoms with Crippen LogP contribution in [0, 0.1) is 34.8 Å². The average molecular weight is 221 g/mol. The molecule has 0 saturated carbocycles. The third-order valence-corrected chi connectivity index (χ3v) is 1.68. The van der Waals surface area contributed by atoms with Crippen LogP contribution in [-0.2, 0) is 0 Å². The lowest BCUT2D eigenvalue weighted by Gasteiger charge is -1.99. The van der Waals surface area contributed by atoms with Crippen LogP contribution in [0.25, 0.3) is 0 Å². The highest BCUT2D eigenvalue weighted by Crippen LogP contribution is 2.14. The molecule has 3 nitrogen and oxygen atoms in total. The molecule has 1 aromatic rings. The van der Waals surface area contributed by atoms with Crippen LogP contribution in [0.5, 0.6) is 0 Å². The Morgan fingerprint density at radius 1 is 1.38 bits per heavy atom. The molecule has 5 heteroatoms. The van der Waals surface area contributed by atoms with E-state index in [2.05, 4.69) is 11.8 Å². The highest BCUT2D eigenvalue weighted by atomic mass is 19.1. The topological polar surface area (TPSA) is 61.1 Å². The molecule has 0 bridgehead atoms. The van der Waals surface area contributed by atoms with Gasteiger partial charge in [-0.2, -0.15) is 5.26 Å². The van der Waals surface area contributed by atoms with Crippen LogP contribution in [0.1, 0.15) is 22.3 Å². The first-order valence-electron chi connectivity index (χ1n) is 4.14. The molecule has 1 rings (SSSR count). The van der Waals surface area contributed by atoms with Crippen molar-refractivity contribution in [3.63, 3.8) is 0 Å². The van der Waals surface area contributed by atoms with Crippen molar-refractivity contribution in [2.45, 2.75) is 6.42 Å². The van der Waals surface area contributed by atoms with Crippen molar-refractivity contribution < 1.29 is 18.7 Å². The van der Waals surface area contributed by atoms with Gasteiger partial charge in [0, 0.05) is 0 Å². The van der Waals surface area contributed by atoms with Gasteiger partial charge in [0.2, 0.25) is 0 Å². The van der Waals surface area contributed by atoms with Gasteiger partial charge in [-0.05, 0) is 12.1 Å². The highest BCUT2D eigenvalue weighted by molar-refractivity contribution is 5.88. The molecule has 0 heterocycles. The molecule has 0 fully saturated rings. The Balaban J connectivity index is 3.18. The molecule has 1 aromatic carbocycles. The van der Waals surface area contributed by atoms with E-state index in [0.717, 1.165) is 0 Å². The van der Waals surface area contributed by atoms with Gasteiger partial charge in [0.15, 0.2) is 0 Å². The second-order valence-electron chi connectivity index (χ2n) is 2.75. The number of carboxylic acids is 1. The zero-order chi connectivity index (χ0) is 12.1. The van der Waals surface area contributed by atoms with E-state index in [-0.39, 0.29) is 12.0 Å². The number of hydrogen-bond donors (Lipinski definition) is 1. The first-order valence-corrected chi connectivity index (χ1v) is 4.14. The van der Waals surface area contributed by atoms with Crippen LogP contribution in [0.15, 0.2) is 12.1 Å². The molecule has 80 valence electrons. The fourth-order valence-corrected chi connectivity index (χ4v) is 0.985. The minimum Gasteiger partial charge on any atom is -0.478 e. The summed E-state index contributed by atoms with van der Waals surface area (Å²) < 4.78 is 26.3. The summed E-state index contributed by atoms with van der Waals surface area (Å²) in [5.74, 6) is 1.01. The van der Waals surface area contributed by atoms with Crippen molar-refractivity contribution in [2.75, 3.05) is 0 Å². The van der Waals surface area contributed by atoms with Crippen molar-refractivity contribution in [3.8, 4) is 17.9 Å². The van der Waals surface area contributed by atoms with Crippen LogP contribution in [0.2, 0.25) is 0 Å². The monoisotopic (exact) mass is 221 g/mol. The summed E-state index contributed by atoms with van der Waals surface area (Å²) in [7, 11) is 0. The van der Waals surface area contributed by atoms with Crippen molar-refractivity contribution >= 4 is 5.97 Å². The van der Waals surface area contributed by atoms with Gasteiger partial charge in [-0.1, -0.05) is 11.8 Å². The van der Waals surface area contributed by atoms with Gasteiger partial charge in [-0.3, -0.25) is 0 Å². The number of rotatable bonds is 1. The fraction of sp³-hybridized carbons (Fsp3) is 0.0909. The van der Waals surface area contributed by atoms with Gasteiger partial charge in [0.05, 0.1) is 23.6 Å². The Morgan fingerprint density at radius 2 is 2.06 bits per heavy atom. The Kier molecular flexibility index (Phi) is 3.58. The molecule has 0 amide bonds. The maximum atomic E-state index is 13.2. The van der Waals surface area contributed by atoms with Crippen LogP contribution >= 0.6 is 0 Å². The molecule has 0 saturated heterocycles. The van der Waals surface area contributed by atoms with Crippen molar-refractivity contribution in [2.24, 2.45) is 0 Å². The molecule has 0 spiro atoms. The summed E-state index contributed by atoms with van der Waals surface area (Å²) in [6, 6.07) is 2.98. The largest absolute Gasteiger partial charge is 0.478 e. The molecular formula is C11H5F2NO2. The standard InChI is InChI=1S/C11H5F2NO2/c12-9-6-8(11(15)16)10(13)5-7(9)3-1-2-4-14/h5-6H,2H2,(H,15,16). The van der Waals surface area contributed by atoms with E-state index in [1.54, 1.807) is 6.07 Å². The highest BCUT2D eigenvalue weighted by Gasteiger charge is 2.13. The van der Waals surface area contributed by atoms with Crippen molar-refractivity contribution in [3.05, 3.63) is 34.9 Å². The normalized spacial score (nSPS) is 8.81. The van der Waals surface area contributed by atoms with Gasteiger partial charge in [0.1, 0.15) is 11.6 Å². The summed E-state index contributed by atoms with van der Waals surface area (Å²) in [6.07, 6.45) is -0.109. The van der Waals surface area contributed by atoms with Crippen molar-refractivity contribution in [1.29, 1.82) is 5.26 Å². The predicted octanol–water partition coefficient (Wildman–Crippen LogP) is 1.93. The van der Waals surface area contributed by atoms with E-state index in [1.165, 1.54) is 0 Å². The Bertz CT molecular complexity index is 535. The lowest BCUT2D eigenvalue weighted by atomic mass is 10.1. The fourth-order valence-electron chi connectivity index (χ4n) is 0.985. The molecule has 0 aromatic heterocycles. The molecule has 0 atom stereocenters. The first-order chi connectivity index (χ1) is 7.56. The number of halogens is 2. The number of benzene rings is 1. The second kappa shape index (κ2) is 4.90. The number of nitrogens with zero attached hydrogens (tertiary/aromatic N) is 1. The van der Waals surface area contributed by atoms with Gasteiger partial charge >= 0.3 is 5.97 Å². The summed E-state index contributed by atoms with van der Waals surface area (Å²) >= 11 is 0. The Hall–Kier alpha value is -2.40. The summed E-state index contributed by atoms with van der Waals surface area (Å²) in [5, 5.41) is 16.7. The molecule has 0 aliphatic rings. The smallest absolute Gasteiger partial charge is 0.338 e. The number of carbonyl (C=O) groups is 1. The number of carboxylic acid groups (broad SMARTS) is 1. The van der Waals surface area contributed by atoms with Gasteiger partial charge in [-0.25, -0.2) is 13.6 Å². The molecule has 0 aliphatic carbocycles. The zero-order valence-electron chi connectivity index (χ0n) is 7.92. The molecule has 0 aliphatic heterocycles. The van der Waals surface area contributed by atoms with Gasteiger partial charge < -0.3 is 5.11 Å². The minimum atomic E-state index is -1.55. The Morgan fingerprint density at radius 3 is 2.62 bits per heavy atom. The molecular weight excluding hydrogens is 216 g/mol. The van der Waals surface area contributed by atoms with E-state index < -0.39 is 23.2 Å². The molecule has 1 N–H and O–H groups in total. The second-order valence-corrected chi connectivity index (χ2v) is 2.75. The lowest BCUT2D eigenvalue weighted by Crippen LogP contribution is -2.02. The number of hydrogen-bond acceptors (Lipinski definition) is 2. The van der Waals surface area contributed by atoms with Crippen LogP contribution in [0.4, 0.5) is 8.78 Å². The average Bonchev–Trinajstić information content (AvgIpc) is 2.22. The third-order valence-electron chi connectivity index (χ3n) is 1.68. The SMILES string of the molecule is N#CCC#Cc1cc(F)c(C(=O)O)cc1F. The first kappa shape index (κ1) is 11.7. The summed E-state index contributed by atoms with van der Waals surface area (Å²) in [6.45, 7) is 0. The van der Waals surface area contributed by atoms with E-state index in [1.807, 2.05) is 0 Å². The quantitative estimate of drug-likeness (QED) is 0.737. The van der Waals surface area contributed by atoms with Crippen LogP contribution in [0.3, 0.4) is 0 Å². The lowest BCUT2D eigenvalue weighted by molar-refractivity contribution is 0.0691. The van der Waals surface area contributed by atoms with E-state index in [4.69, 9.17) is 10.4 Å². The van der Waals surface area contributed by atoms with Crippen LogP contribution in [-0.4, -0.2) is 11.1 Å². The third kappa shape index (κ3) is 2.55. The van der Waals surface area contributed by atoms with E-state index in [9.17, 15) is 13.6 Å². The minimum absolute atomic E-state index is 0.109. The van der Waals surface area contributed by atoms with E-state index >= 15 is 0 Å². The van der Waals surface area contributed by atoms with Crippen molar-refractivity contribution in [1.82, 2.24) is 0 Å². The molecule has 0 unspecified atom stereocenters. The summed E-state index contributed by atoms with van der Waals surface area (Å²) in [5.41, 5.74) is -1.01. The number of nitriles is 1. The van der Waals surface area contributed by atoms with E-state index in [0.29, 0.717) is 12.1 Å². The maximum Gasteiger partial charge on any atom is 0.338 e. The Labute approximate surface area is 89.9 Å². The zero-order valence-corrected chi connectivity index (χ0v) is 7.92.